The summed E-state index contributed by atoms with van der Waals surface area (Å²) in [7, 11) is 3.75. The van der Waals surface area contributed by atoms with E-state index in [9.17, 15) is 0 Å². The third kappa shape index (κ3) is 4.40. The third-order valence-electron chi connectivity index (χ3n) is 3.88. The van der Waals surface area contributed by atoms with E-state index in [0.29, 0.717) is 13.2 Å². The Kier molecular flexibility index (Phi) is 6.12. The average Bonchev–Trinajstić information content (AvgIpc) is 2.47. The van der Waals surface area contributed by atoms with Crippen LogP contribution in [0.3, 0.4) is 0 Å². The van der Waals surface area contributed by atoms with Crippen LogP contribution >= 0.6 is 0 Å². The van der Waals surface area contributed by atoms with Crippen molar-refractivity contribution in [1.29, 1.82) is 0 Å². The van der Waals surface area contributed by atoms with E-state index < -0.39 is 0 Å². The van der Waals surface area contributed by atoms with Crippen LogP contribution in [0.15, 0.2) is 24.3 Å². The topological polar surface area (TPSA) is 47.7 Å². The summed E-state index contributed by atoms with van der Waals surface area (Å²) in [6, 6.07) is 7.63. The van der Waals surface area contributed by atoms with Crippen LogP contribution in [0.25, 0.3) is 0 Å². The zero-order valence-corrected chi connectivity index (χ0v) is 12.5. The van der Waals surface area contributed by atoms with Gasteiger partial charge >= 0.3 is 0 Å². The molecule has 1 aromatic carbocycles. The maximum Gasteiger partial charge on any atom is 0.119 e. The molecule has 0 bridgehead atoms. The van der Waals surface area contributed by atoms with Crippen molar-refractivity contribution < 1.29 is 9.47 Å². The molecule has 19 heavy (non-hydrogen) atoms. The van der Waals surface area contributed by atoms with Crippen LogP contribution in [-0.2, 0) is 0 Å². The first-order valence-corrected chi connectivity index (χ1v) is 6.74. The second-order valence-electron chi connectivity index (χ2n) is 5.00. The number of methoxy groups -OCH3 is 1. The monoisotopic (exact) mass is 266 g/mol. The van der Waals surface area contributed by atoms with E-state index >= 15 is 0 Å². The Morgan fingerprint density at radius 3 is 2.26 bits per heavy atom. The standard InChI is InChI=1S/C15H26N2O2/c1-5-15(2,12-16)17(3)10-11-19-14-8-6-13(18-4)7-9-14/h6-9H,5,10-12,16H2,1-4H3. The summed E-state index contributed by atoms with van der Waals surface area (Å²) in [5, 5.41) is 0. The molecule has 108 valence electrons. The molecule has 0 saturated heterocycles. The molecule has 0 heterocycles. The average molecular weight is 266 g/mol. The molecule has 1 unspecified atom stereocenters. The van der Waals surface area contributed by atoms with Crippen molar-refractivity contribution >= 4 is 0 Å². The van der Waals surface area contributed by atoms with Gasteiger partial charge in [-0.1, -0.05) is 6.92 Å². The second kappa shape index (κ2) is 7.36. The summed E-state index contributed by atoms with van der Waals surface area (Å²) >= 11 is 0. The molecule has 1 atom stereocenters. The van der Waals surface area contributed by atoms with E-state index in [4.69, 9.17) is 15.2 Å². The Morgan fingerprint density at radius 1 is 1.21 bits per heavy atom. The first-order valence-electron chi connectivity index (χ1n) is 6.74. The fourth-order valence-electron chi connectivity index (χ4n) is 1.81. The molecular formula is C15H26N2O2. The van der Waals surface area contributed by atoms with Crippen molar-refractivity contribution in [2.24, 2.45) is 5.73 Å². The van der Waals surface area contributed by atoms with Crippen molar-refractivity contribution in [1.82, 2.24) is 4.90 Å². The highest BCUT2D eigenvalue weighted by Crippen LogP contribution is 2.18. The van der Waals surface area contributed by atoms with Gasteiger partial charge in [-0.2, -0.15) is 0 Å². The molecule has 0 fully saturated rings. The third-order valence-corrected chi connectivity index (χ3v) is 3.88. The molecule has 0 spiro atoms. The highest BCUT2D eigenvalue weighted by Gasteiger charge is 2.24. The Bertz CT molecular complexity index is 361. The Balaban J connectivity index is 2.40. The van der Waals surface area contributed by atoms with Crippen molar-refractivity contribution in [3.05, 3.63) is 24.3 Å². The van der Waals surface area contributed by atoms with Crippen LogP contribution in [0.2, 0.25) is 0 Å². The summed E-state index contributed by atoms with van der Waals surface area (Å²) in [5.41, 5.74) is 5.88. The summed E-state index contributed by atoms with van der Waals surface area (Å²) in [6.07, 6.45) is 1.03. The first-order chi connectivity index (χ1) is 9.05. The van der Waals surface area contributed by atoms with E-state index in [1.54, 1.807) is 7.11 Å². The normalized spacial score (nSPS) is 14.2. The Hall–Kier alpha value is -1.26. The van der Waals surface area contributed by atoms with Gasteiger partial charge in [0.25, 0.3) is 0 Å². The van der Waals surface area contributed by atoms with Gasteiger partial charge < -0.3 is 15.2 Å². The van der Waals surface area contributed by atoms with E-state index in [1.165, 1.54) is 0 Å². The number of nitrogens with two attached hydrogens (primary N) is 1. The predicted octanol–water partition coefficient (Wildman–Crippen LogP) is 2.13. The smallest absolute Gasteiger partial charge is 0.119 e. The molecule has 0 aliphatic rings. The molecule has 4 heteroatoms. The van der Waals surface area contributed by atoms with Crippen LogP contribution in [0, 0.1) is 0 Å². The van der Waals surface area contributed by atoms with Crippen molar-refractivity contribution in [3.63, 3.8) is 0 Å². The number of benzene rings is 1. The maximum absolute atomic E-state index is 5.84. The predicted molar refractivity (Wildman–Crippen MR) is 78.9 cm³/mol. The highest BCUT2D eigenvalue weighted by molar-refractivity contribution is 5.31. The minimum atomic E-state index is 0.0449. The minimum Gasteiger partial charge on any atom is -0.497 e. The number of nitrogens with zero attached hydrogens (tertiary/aromatic N) is 1. The first kappa shape index (κ1) is 15.8. The summed E-state index contributed by atoms with van der Waals surface area (Å²) < 4.78 is 10.8. The van der Waals surface area contributed by atoms with E-state index in [1.807, 2.05) is 24.3 Å². The minimum absolute atomic E-state index is 0.0449. The lowest BCUT2D eigenvalue weighted by atomic mass is 9.97. The number of hydrogen-bond donors (Lipinski definition) is 1. The highest BCUT2D eigenvalue weighted by atomic mass is 16.5. The van der Waals surface area contributed by atoms with Crippen LogP contribution in [0.5, 0.6) is 11.5 Å². The van der Waals surface area contributed by atoms with E-state index in [-0.39, 0.29) is 5.54 Å². The molecule has 2 N–H and O–H groups in total. The van der Waals surface area contributed by atoms with Crippen LogP contribution in [0.4, 0.5) is 0 Å². The van der Waals surface area contributed by atoms with Gasteiger partial charge in [-0.25, -0.2) is 0 Å². The summed E-state index contributed by atoms with van der Waals surface area (Å²) in [4.78, 5) is 2.26. The quantitative estimate of drug-likeness (QED) is 0.783. The molecular weight excluding hydrogens is 240 g/mol. The number of rotatable bonds is 8. The van der Waals surface area contributed by atoms with Gasteiger partial charge in [-0.3, -0.25) is 4.90 Å². The molecule has 1 aromatic rings. The largest absolute Gasteiger partial charge is 0.497 e. The fraction of sp³-hybridized carbons (Fsp3) is 0.600. The van der Waals surface area contributed by atoms with Gasteiger partial charge in [0.1, 0.15) is 18.1 Å². The zero-order valence-electron chi connectivity index (χ0n) is 12.5. The number of hydrogen-bond acceptors (Lipinski definition) is 4. The lowest BCUT2D eigenvalue weighted by Gasteiger charge is -2.37. The summed E-state index contributed by atoms with van der Waals surface area (Å²) in [6.45, 7) is 6.50. The van der Waals surface area contributed by atoms with Crippen LogP contribution in [0.1, 0.15) is 20.3 Å². The van der Waals surface area contributed by atoms with Crippen LogP contribution in [-0.4, -0.2) is 44.3 Å². The molecule has 0 aliphatic heterocycles. The number of ether oxygens (including phenoxy) is 2. The SMILES string of the molecule is CCC(C)(CN)N(C)CCOc1ccc(OC)cc1. The second-order valence-corrected chi connectivity index (χ2v) is 5.00. The van der Waals surface area contributed by atoms with Crippen molar-refractivity contribution in [2.75, 3.05) is 33.9 Å². The molecule has 0 aliphatic carbocycles. The summed E-state index contributed by atoms with van der Waals surface area (Å²) in [5.74, 6) is 1.70. The molecule has 1 rings (SSSR count). The lowest BCUT2D eigenvalue weighted by molar-refractivity contribution is 0.116. The maximum atomic E-state index is 5.84. The Morgan fingerprint density at radius 2 is 1.79 bits per heavy atom. The van der Waals surface area contributed by atoms with Gasteiger partial charge in [-0.15, -0.1) is 0 Å². The Labute approximate surface area is 116 Å². The molecule has 0 radical (unpaired) electrons. The lowest BCUT2D eigenvalue weighted by Crippen LogP contribution is -2.50. The molecule has 4 nitrogen and oxygen atoms in total. The molecule has 0 aromatic heterocycles. The van der Waals surface area contributed by atoms with Gasteiger partial charge in [0.05, 0.1) is 7.11 Å². The van der Waals surface area contributed by atoms with Crippen molar-refractivity contribution in [3.8, 4) is 11.5 Å². The zero-order chi connectivity index (χ0) is 14.3. The molecule has 0 saturated carbocycles. The number of likely N-dealkylation sites (N-methyl/N-ethyl adjacent to an activating group) is 1. The van der Waals surface area contributed by atoms with Crippen LogP contribution < -0.4 is 15.2 Å². The van der Waals surface area contributed by atoms with E-state index in [2.05, 4.69) is 25.8 Å². The molecule has 0 amide bonds. The van der Waals surface area contributed by atoms with Crippen molar-refractivity contribution in [2.45, 2.75) is 25.8 Å². The van der Waals surface area contributed by atoms with Gasteiger partial charge in [0.15, 0.2) is 0 Å². The van der Waals surface area contributed by atoms with Gasteiger partial charge in [0.2, 0.25) is 0 Å². The van der Waals surface area contributed by atoms with Gasteiger partial charge in [0, 0.05) is 18.6 Å². The fourth-order valence-corrected chi connectivity index (χ4v) is 1.81. The van der Waals surface area contributed by atoms with E-state index in [0.717, 1.165) is 24.5 Å². The van der Waals surface area contributed by atoms with Gasteiger partial charge in [-0.05, 0) is 44.7 Å².